The van der Waals surface area contributed by atoms with Gasteiger partial charge in [0, 0.05) is 44.3 Å². The highest BCUT2D eigenvalue weighted by molar-refractivity contribution is 6.08. The van der Waals surface area contributed by atoms with Gasteiger partial charge in [0.1, 0.15) is 6.04 Å². The third kappa shape index (κ3) is 4.77. The van der Waals surface area contributed by atoms with Crippen LogP contribution in [-0.2, 0) is 4.79 Å². The molecule has 4 unspecified atom stereocenters. The zero-order chi connectivity index (χ0) is 31.8. The van der Waals surface area contributed by atoms with Crippen molar-refractivity contribution in [3.8, 4) is 0 Å². The second-order valence-corrected chi connectivity index (χ2v) is 16.4. The first kappa shape index (κ1) is 30.8. The van der Waals surface area contributed by atoms with Crippen LogP contribution in [0.15, 0.2) is 42.5 Å². The van der Waals surface area contributed by atoms with Gasteiger partial charge in [-0.25, -0.2) is 0 Å². The molecule has 0 aromatic heterocycles. The molecule has 0 radical (unpaired) electrons. The Morgan fingerprint density at radius 3 is 2.39 bits per heavy atom. The van der Waals surface area contributed by atoms with Crippen molar-refractivity contribution in [2.45, 2.75) is 102 Å². The van der Waals surface area contributed by atoms with Crippen LogP contribution in [0.1, 0.15) is 88.4 Å². The summed E-state index contributed by atoms with van der Waals surface area (Å²) in [5.74, 6) is 2.64. The number of rotatable bonds is 3. The SMILES string of the molecule is C[C@]12C[C@H](N3CCN(C(=O)[C@@H]4CCCN4C(=O)c4cccc5ccccc45)CC3)[C@@H](O)CC1CCC1C2CC[C@@]2(C)C1CC[C@@H]2O. The smallest absolute Gasteiger partial charge is 0.255 e. The van der Waals surface area contributed by atoms with E-state index in [0.717, 1.165) is 62.4 Å². The van der Waals surface area contributed by atoms with Gasteiger partial charge < -0.3 is 20.0 Å². The molecule has 2 saturated heterocycles. The molecule has 0 spiro atoms. The molecule has 2 heterocycles. The van der Waals surface area contributed by atoms with Gasteiger partial charge in [-0.2, -0.15) is 0 Å². The highest BCUT2D eigenvalue weighted by Crippen LogP contribution is 2.66. The van der Waals surface area contributed by atoms with E-state index >= 15 is 0 Å². The number of aliphatic hydroxyl groups excluding tert-OH is 2. The second-order valence-electron chi connectivity index (χ2n) is 16.4. The van der Waals surface area contributed by atoms with Crippen LogP contribution in [0.25, 0.3) is 10.8 Å². The fourth-order valence-corrected chi connectivity index (χ4v) is 11.9. The van der Waals surface area contributed by atoms with Crippen molar-refractivity contribution in [3.05, 3.63) is 48.0 Å². The summed E-state index contributed by atoms with van der Waals surface area (Å²) >= 11 is 0. The molecule has 2 amide bonds. The first-order chi connectivity index (χ1) is 22.2. The average molecular weight is 628 g/mol. The normalized spacial score (nSPS) is 41.2. The molecule has 2 N–H and O–H groups in total. The Balaban J connectivity index is 0.932. The Labute approximate surface area is 274 Å². The molecule has 6 aliphatic rings. The minimum absolute atomic E-state index is 0.0414. The van der Waals surface area contributed by atoms with Gasteiger partial charge in [0.2, 0.25) is 5.91 Å². The number of amides is 2. The summed E-state index contributed by atoms with van der Waals surface area (Å²) in [5, 5.41) is 24.4. The maximum Gasteiger partial charge on any atom is 0.255 e. The summed E-state index contributed by atoms with van der Waals surface area (Å²) in [6.45, 7) is 8.38. The van der Waals surface area contributed by atoms with Gasteiger partial charge in [-0.3, -0.25) is 14.5 Å². The van der Waals surface area contributed by atoms with Crippen molar-refractivity contribution in [1.82, 2.24) is 14.7 Å². The van der Waals surface area contributed by atoms with E-state index in [1.807, 2.05) is 52.3 Å². The number of carbonyl (C=O) groups excluding carboxylic acids is 2. The Morgan fingerprint density at radius 1 is 0.804 bits per heavy atom. The molecule has 6 fully saturated rings. The number of aliphatic hydroxyl groups is 2. The molecule has 2 aliphatic heterocycles. The van der Waals surface area contributed by atoms with E-state index in [1.54, 1.807) is 0 Å². The highest BCUT2D eigenvalue weighted by Gasteiger charge is 2.61. The molecule has 4 saturated carbocycles. The van der Waals surface area contributed by atoms with E-state index in [2.05, 4.69) is 18.7 Å². The quantitative estimate of drug-likeness (QED) is 0.481. The highest BCUT2D eigenvalue weighted by atomic mass is 16.3. The predicted octanol–water partition coefficient (Wildman–Crippen LogP) is 5.33. The van der Waals surface area contributed by atoms with Gasteiger partial charge in [0.15, 0.2) is 0 Å². The average Bonchev–Trinajstić information content (AvgIpc) is 3.68. The van der Waals surface area contributed by atoms with Crippen LogP contribution in [0.3, 0.4) is 0 Å². The Hall–Kier alpha value is -2.48. The van der Waals surface area contributed by atoms with Gasteiger partial charge >= 0.3 is 0 Å². The maximum atomic E-state index is 13.9. The molecular weight excluding hydrogens is 574 g/mol. The van der Waals surface area contributed by atoms with E-state index in [1.165, 1.54) is 25.7 Å². The van der Waals surface area contributed by atoms with Crippen molar-refractivity contribution in [2.75, 3.05) is 32.7 Å². The van der Waals surface area contributed by atoms with Crippen molar-refractivity contribution >= 4 is 22.6 Å². The van der Waals surface area contributed by atoms with Gasteiger partial charge in [0.05, 0.1) is 12.2 Å². The lowest BCUT2D eigenvalue weighted by atomic mass is 9.44. The minimum atomic E-state index is -0.400. The number of nitrogens with zero attached hydrogens (tertiary/aromatic N) is 3. The first-order valence-electron chi connectivity index (χ1n) is 18.4. The molecule has 10 atom stereocenters. The molecule has 2 aromatic rings. The van der Waals surface area contributed by atoms with Gasteiger partial charge in [0.25, 0.3) is 5.91 Å². The minimum Gasteiger partial charge on any atom is -0.393 e. The van der Waals surface area contributed by atoms with Crippen LogP contribution in [0.4, 0.5) is 0 Å². The Bertz CT molecular complexity index is 1480. The lowest BCUT2D eigenvalue weighted by molar-refractivity contribution is -0.157. The summed E-state index contributed by atoms with van der Waals surface area (Å²) in [4.78, 5) is 34.0. The second kappa shape index (κ2) is 11.6. The van der Waals surface area contributed by atoms with Gasteiger partial charge in [-0.05, 0) is 116 Å². The Kier molecular flexibility index (Phi) is 7.77. The Morgan fingerprint density at radius 2 is 1.57 bits per heavy atom. The fraction of sp³-hybridized carbons (Fsp3) is 0.692. The number of benzene rings is 2. The molecular formula is C39H53N3O4. The standard InChI is InChI=1S/C39H53N3O4/c1-38-17-16-31-29(30(38)14-15-35(38)44)13-12-26-23-34(43)33(24-39(26,31)2)40-19-21-41(22-20-40)37(46)32-11-6-18-42(32)36(45)28-10-5-8-25-7-3-4-9-27(25)28/h3-5,7-10,26,29-35,43-44H,6,11-24H2,1-2H3/t26?,29?,30?,31?,32-,33-,34-,35-,38-,39-/m0/s1. The van der Waals surface area contributed by atoms with E-state index in [-0.39, 0.29) is 40.9 Å². The zero-order valence-electron chi connectivity index (χ0n) is 27.8. The molecule has 7 nitrogen and oxygen atoms in total. The van der Waals surface area contributed by atoms with E-state index in [9.17, 15) is 19.8 Å². The fourth-order valence-electron chi connectivity index (χ4n) is 11.9. The maximum absolute atomic E-state index is 13.9. The number of fused-ring (bicyclic) bond motifs is 6. The van der Waals surface area contributed by atoms with Crippen molar-refractivity contribution < 1.29 is 19.8 Å². The predicted molar refractivity (Wildman–Crippen MR) is 179 cm³/mol. The third-order valence-corrected chi connectivity index (χ3v) is 14.5. The number of hydrogen-bond donors (Lipinski definition) is 2. The lowest BCUT2D eigenvalue weighted by Crippen LogP contribution is -2.62. The number of carbonyl (C=O) groups is 2. The molecule has 7 heteroatoms. The number of likely N-dealkylation sites (tertiary alicyclic amines) is 1. The molecule has 4 aliphatic carbocycles. The van der Waals surface area contributed by atoms with Crippen LogP contribution in [0, 0.1) is 34.5 Å². The van der Waals surface area contributed by atoms with E-state index < -0.39 is 6.04 Å². The van der Waals surface area contributed by atoms with Crippen LogP contribution in [0.5, 0.6) is 0 Å². The van der Waals surface area contributed by atoms with Crippen molar-refractivity contribution in [2.24, 2.45) is 34.5 Å². The van der Waals surface area contributed by atoms with Crippen LogP contribution >= 0.6 is 0 Å². The monoisotopic (exact) mass is 627 g/mol. The zero-order valence-corrected chi connectivity index (χ0v) is 27.8. The van der Waals surface area contributed by atoms with Gasteiger partial charge in [-0.1, -0.05) is 50.2 Å². The summed E-state index contributed by atoms with van der Waals surface area (Å²) in [5.41, 5.74) is 0.994. The topological polar surface area (TPSA) is 84.3 Å². The molecule has 2 aromatic carbocycles. The summed E-state index contributed by atoms with van der Waals surface area (Å²) in [6, 6.07) is 13.6. The van der Waals surface area contributed by atoms with Crippen molar-refractivity contribution in [3.63, 3.8) is 0 Å². The number of piperazine rings is 1. The summed E-state index contributed by atoms with van der Waals surface area (Å²) in [6.07, 6.45) is 9.99. The third-order valence-electron chi connectivity index (χ3n) is 14.5. The van der Waals surface area contributed by atoms with Gasteiger partial charge in [-0.15, -0.1) is 0 Å². The molecule has 8 rings (SSSR count). The van der Waals surface area contributed by atoms with Crippen LogP contribution < -0.4 is 0 Å². The largest absolute Gasteiger partial charge is 0.393 e. The molecule has 248 valence electrons. The first-order valence-corrected chi connectivity index (χ1v) is 18.4. The van der Waals surface area contributed by atoms with E-state index in [0.29, 0.717) is 48.9 Å². The van der Waals surface area contributed by atoms with Crippen molar-refractivity contribution in [1.29, 1.82) is 0 Å². The number of hydrogen-bond acceptors (Lipinski definition) is 5. The molecule has 0 bridgehead atoms. The lowest BCUT2D eigenvalue weighted by Gasteiger charge is -2.62. The van der Waals surface area contributed by atoms with E-state index in [4.69, 9.17) is 0 Å². The van der Waals surface area contributed by atoms with Crippen LogP contribution in [0.2, 0.25) is 0 Å². The summed E-state index contributed by atoms with van der Waals surface area (Å²) in [7, 11) is 0. The van der Waals surface area contributed by atoms with Crippen LogP contribution in [-0.4, -0.2) is 93.7 Å². The summed E-state index contributed by atoms with van der Waals surface area (Å²) < 4.78 is 0. The molecule has 46 heavy (non-hydrogen) atoms.